The van der Waals surface area contributed by atoms with Gasteiger partial charge >= 0.3 is 0 Å². The van der Waals surface area contributed by atoms with Crippen LogP contribution in [0.4, 0.5) is 11.4 Å². The summed E-state index contributed by atoms with van der Waals surface area (Å²) in [6, 6.07) is 106. The van der Waals surface area contributed by atoms with E-state index in [1.54, 1.807) is 0 Å². The standard InChI is InChI=1S/C42H30.C36H32N2.C34H26/c1-41(2)31-19-16-23-9-5-7-11-27(23)37(31)29-18-15-25-13-14-26-21-33-40(30-22-34(41)39(29)36(25)35(26)30)38-28-12-8-6-10-24(28)17-20-32(38)42(33,3)4;1-35(2,3)37-27-13-9-7-11-23(27)24-17-15-21-16-18-26-31-22(20-30(37)34(24)32(21)31)19-29-33(26)25-12-8-10-14-28(25)38(29)36(4,5)6;1-33(2)25-11-7-5-9-21(25)24-17-20-18-28-31(22-10-6-8-12-26(22)34(28,3)4)23-15-13-19-14-16-27(33)32(24)30(19)29(20)23/h5-22H,1-4H3;7-20H,1-6H3;5-18H,1-4H3. The SMILES string of the molecule is CC(C)(C)N1c2ccccc2-c2ccc3ccc4c5c(cc1c2c35)cc1c4c2ccccc2n1C(C)(C)C.CC1(C)c2ccc3ccccc3c2-c2c1cc1ccc3ccc4c5c(cc2c1c35)C(C)(C)c1ccc2ccccc2c1-4.CC1(C)c2ccccc2-c2c1cc1cc3c4c(ccc5ccc2c1c54)C(C)(C)c1ccccc1-3. The van der Waals surface area contributed by atoms with Gasteiger partial charge in [0, 0.05) is 71.1 Å². The first-order chi connectivity index (χ1) is 54.9. The summed E-state index contributed by atoms with van der Waals surface area (Å²) in [5.41, 5.74) is 30.4. The largest absolute Gasteiger partial charge is 0.335 e. The van der Waals surface area contributed by atoms with E-state index in [4.69, 9.17) is 0 Å². The summed E-state index contributed by atoms with van der Waals surface area (Å²) in [4.78, 5) is 2.56. The number of hydrogen-bond donors (Lipinski definition) is 0. The van der Waals surface area contributed by atoms with Crippen LogP contribution in [0.1, 0.15) is 141 Å². The average molecular weight is 1460 g/mol. The molecule has 4 aliphatic carbocycles. The van der Waals surface area contributed by atoms with Crippen LogP contribution in [0.3, 0.4) is 0 Å². The summed E-state index contributed by atoms with van der Waals surface area (Å²) < 4.78 is 2.54. The number of para-hydroxylation sites is 2. The monoisotopic (exact) mass is 1460 g/mol. The molecule has 20 aromatic carbocycles. The third-order valence-electron chi connectivity index (χ3n) is 28.5. The van der Waals surface area contributed by atoms with Crippen LogP contribution in [0, 0.1) is 0 Å². The second-order valence-electron chi connectivity index (χ2n) is 38.1. The Morgan fingerprint density at radius 2 is 0.658 bits per heavy atom. The number of rotatable bonds is 0. The fourth-order valence-corrected chi connectivity index (χ4v) is 23.5. The van der Waals surface area contributed by atoms with E-state index in [-0.39, 0.29) is 32.7 Å². The molecular formula is C112H88N2. The molecule has 0 amide bonds. The Morgan fingerprint density at radius 3 is 1.37 bits per heavy atom. The van der Waals surface area contributed by atoms with Crippen molar-refractivity contribution in [2.45, 2.75) is 130 Å². The molecule has 0 atom stereocenters. The Labute approximate surface area is 665 Å². The molecule has 2 nitrogen and oxygen atoms in total. The maximum Gasteiger partial charge on any atom is 0.0508 e. The molecule has 21 aromatic rings. The lowest BCUT2D eigenvalue weighted by molar-refractivity contribution is 0.423. The van der Waals surface area contributed by atoms with Gasteiger partial charge in [0.15, 0.2) is 0 Å². The molecule has 0 saturated carbocycles. The highest BCUT2D eigenvalue weighted by molar-refractivity contribution is 6.38. The van der Waals surface area contributed by atoms with Crippen LogP contribution < -0.4 is 4.90 Å². The van der Waals surface area contributed by atoms with E-state index in [1.807, 2.05) is 0 Å². The summed E-state index contributed by atoms with van der Waals surface area (Å²) in [6.45, 7) is 33.2. The molecule has 0 fully saturated rings. The lowest BCUT2D eigenvalue weighted by Gasteiger charge is -2.43. The van der Waals surface area contributed by atoms with E-state index in [2.05, 4.69) is 385 Å². The summed E-state index contributed by atoms with van der Waals surface area (Å²) in [5.74, 6) is 0. The van der Waals surface area contributed by atoms with Gasteiger partial charge in [0.2, 0.25) is 0 Å². The van der Waals surface area contributed by atoms with Crippen molar-refractivity contribution in [3.8, 4) is 55.6 Å². The second-order valence-corrected chi connectivity index (χ2v) is 38.1. The van der Waals surface area contributed by atoms with Crippen molar-refractivity contribution in [1.29, 1.82) is 0 Å². The average Bonchev–Trinajstić information content (AvgIpc) is 0.994. The fourth-order valence-electron chi connectivity index (χ4n) is 23.5. The van der Waals surface area contributed by atoms with Crippen molar-refractivity contribution in [3.63, 3.8) is 0 Å². The smallest absolute Gasteiger partial charge is 0.0508 e. The minimum absolute atomic E-state index is 0.00132. The second kappa shape index (κ2) is 21.9. The number of hydrogen-bond acceptors (Lipinski definition) is 1. The zero-order valence-electron chi connectivity index (χ0n) is 67.5. The molecule has 114 heavy (non-hydrogen) atoms. The molecule has 0 spiro atoms. The molecule has 1 aromatic heterocycles. The highest BCUT2D eigenvalue weighted by Crippen LogP contribution is 2.63. The van der Waals surface area contributed by atoms with Gasteiger partial charge in [-0.25, -0.2) is 0 Å². The topological polar surface area (TPSA) is 8.17 Å². The molecule has 1 aliphatic heterocycles. The van der Waals surface area contributed by atoms with E-state index in [1.165, 1.54) is 252 Å². The summed E-state index contributed by atoms with van der Waals surface area (Å²) in [7, 11) is 0. The fraction of sp³-hybridized carbons (Fsp3) is 0.179. The van der Waals surface area contributed by atoms with E-state index >= 15 is 0 Å². The van der Waals surface area contributed by atoms with E-state index in [0.717, 1.165) is 0 Å². The Balaban J connectivity index is 0.0000000993. The molecule has 0 unspecified atom stereocenters. The number of fused-ring (bicyclic) bond motifs is 22. The Kier molecular flexibility index (Phi) is 12.7. The maximum atomic E-state index is 2.59. The number of aromatic nitrogens is 1. The van der Waals surface area contributed by atoms with Crippen LogP contribution in [-0.4, -0.2) is 10.1 Å². The Morgan fingerprint density at radius 1 is 0.202 bits per heavy atom. The summed E-state index contributed by atoms with van der Waals surface area (Å²) >= 11 is 0. The van der Waals surface area contributed by atoms with Gasteiger partial charge in [0.05, 0.1) is 11.2 Å². The lowest BCUT2D eigenvalue weighted by atomic mass is 9.66. The van der Waals surface area contributed by atoms with Gasteiger partial charge in [-0.05, 0) is 292 Å². The normalized spacial score (nSPS) is 15.5. The van der Waals surface area contributed by atoms with Gasteiger partial charge in [0.25, 0.3) is 0 Å². The predicted octanol–water partition coefficient (Wildman–Crippen LogP) is 31.1. The van der Waals surface area contributed by atoms with Crippen molar-refractivity contribution >= 4 is 152 Å². The zero-order chi connectivity index (χ0) is 77.2. The molecule has 2 heterocycles. The molecular weight excluding hydrogens is 1370 g/mol. The zero-order valence-corrected chi connectivity index (χ0v) is 67.5. The van der Waals surface area contributed by atoms with E-state index in [9.17, 15) is 0 Å². The molecule has 0 radical (unpaired) electrons. The predicted molar refractivity (Wildman–Crippen MR) is 491 cm³/mol. The van der Waals surface area contributed by atoms with Crippen molar-refractivity contribution in [3.05, 3.63) is 324 Å². The molecule has 26 rings (SSSR count). The maximum absolute atomic E-state index is 2.59. The molecule has 0 saturated heterocycles. The number of benzene rings is 20. The third-order valence-corrected chi connectivity index (χ3v) is 28.5. The van der Waals surface area contributed by atoms with Gasteiger partial charge in [-0.15, -0.1) is 0 Å². The van der Waals surface area contributed by atoms with Gasteiger partial charge in [-0.2, -0.15) is 0 Å². The number of anilines is 2. The van der Waals surface area contributed by atoms with Gasteiger partial charge in [-0.1, -0.05) is 286 Å². The van der Waals surface area contributed by atoms with Crippen LogP contribution in [0.5, 0.6) is 0 Å². The van der Waals surface area contributed by atoms with Crippen LogP contribution in [0.2, 0.25) is 0 Å². The lowest BCUT2D eigenvalue weighted by Crippen LogP contribution is -2.39. The Hall–Kier alpha value is -12.4. The minimum atomic E-state index is -0.140. The van der Waals surface area contributed by atoms with Crippen molar-refractivity contribution in [2.75, 3.05) is 4.90 Å². The summed E-state index contributed by atoms with van der Waals surface area (Å²) in [5, 5.41) is 33.0. The van der Waals surface area contributed by atoms with Crippen LogP contribution in [0.15, 0.2) is 279 Å². The molecule has 0 N–H and O–H groups in total. The molecule has 0 bridgehead atoms. The number of nitrogens with zero attached hydrogens (tertiary/aromatic N) is 2. The minimum Gasteiger partial charge on any atom is -0.335 e. The first kappa shape index (κ1) is 66.3. The first-order valence-electron chi connectivity index (χ1n) is 41.3. The quantitative estimate of drug-likeness (QED) is 0.137. The van der Waals surface area contributed by atoms with Crippen molar-refractivity contribution in [2.24, 2.45) is 0 Å². The van der Waals surface area contributed by atoms with Crippen molar-refractivity contribution in [1.82, 2.24) is 4.57 Å². The van der Waals surface area contributed by atoms with Gasteiger partial charge in [-0.3, -0.25) is 0 Å². The summed E-state index contributed by atoms with van der Waals surface area (Å²) in [6.07, 6.45) is 0. The van der Waals surface area contributed by atoms with Gasteiger partial charge < -0.3 is 9.47 Å². The van der Waals surface area contributed by atoms with Crippen LogP contribution >= 0.6 is 0 Å². The third kappa shape index (κ3) is 8.31. The van der Waals surface area contributed by atoms with E-state index in [0.29, 0.717) is 0 Å². The van der Waals surface area contributed by atoms with E-state index < -0.39 is 0 Å². The molecule has 2 heteroatoms. The van der Waals surface area contributed by atoms with Crippen LogP contribution in [-0.2, 0) is 27.2 Å². The first-order valence-corrected chi connectivity index (χ1v) is 41.3. The molecule has 546 valence electrons. The van der Waals surface area contributed by atoms with Gasteiger partial charge in [0.1, 0.15) is 0 Å². The highest BCUT2D eigenvalue weighted by Gasteiger charge is 2.44. The Bertz CT molecular complexity index is 7920. The highest BCUT2D eigenvalue weighted by atomic mass is 15.2. The van der Waals surface area contributed by atoms with Crippen LogP contribution in [0.25, 0.3) is 196 Å². The molecule has 5 aliphatic rings. The van der Waals surface area contributed by atoms with Crippen molar-refractivity contribution < 1.29 is 0 Å².